The summed E-state index contributed by atoms with van der Waals surface area (Å²) in [6.45, 7) is 2.05. The van der Waals surface area contributed by atoms with Crippen molar-refractivity contribution in [2.75, 3.05) is 32.1 Å². The zero-order valence-electron chi connectivity index (χ0n) is 14.3. The number of benzene rings is 1. The Morgan fingerprint density at radius 2 is 1.96 bits per heavy atom. The van der Waals surface area contributed by atoms with E-state index in [0.29, 0.717) is 13.0 Å². The van der Waals surface area contributed by atoms with Crippen molar-refractivity contribution in [1.29, 1.82) is 0 Å². The minimum absolute atomic E-state index is 0.0413. The highest BCUT2D eigenvalue weighted by Gasteiger charge is 2.35. The summed E-state index contributed by atoms with van der Waals surface area (Å²) >= 11 is 6.11. The summed E-state index contributed by atoms with van der Waals surface area (Å²) in [6, 6.07) is 3.52. The van der Waals surface area contributed by atoms with E-state index in [4.69, 9.17) is 11.6 Å². The lowest BCUT2D eigenvalue weighted by Crippen LogP contribution is -2.41. The molecule has 1 fully saturated rings. The molecular weight excluding hydrogens is 388 g/mol. The maximum Gasteiger partial charge on any atom is 0.255 e. The molecule has 0 radical (unpaired) electrons. The van der Waals surface area contributed by atoms with Crippen molar-refractivity contribution in [3.05, 3.63) is 28.8 Å². The second-order valence-electron chi connectivity index (χ2n) is 6.08. The van der Waals surface area contributed by atoms with E-state index in [1.54, 1.807) is 6.92 Å². The van der Waals surface area contributed by atoms with Crippen LogP contribution in [0, 0.1) is 0 Å². The molecule has 140 valence electrons. The van der Waals surface area contributed by atoms with Crippen LogP contribution in [0.4, 0.5) is 0 Å². The molecule has 0 spiro atoms. The Balaban J connectivity index is 2.41. The number of halogens is 1. The first-order valence-electron chi connectivity index (χ1n) is 7.73. The molecule has 1 saturated heterocycles. The van der Waals surface area contributed by atoms with Gasteiger partial charge in [0, 0.05) is 26.7 Å². The Bertz CT molecular complexity index is 881. The third kappa shape index (κ3) is 4.16. The first kappa shape index (κ1) is 20.2. The molecule has 1 aliphatic rings. The first-order valence-corrected chi connectivity index (χ1v) is 11.4. The summed E-state index contributed by atoms with van der Waals surface area (Å²) in [5, 5.41) is 0.127. The highest BCUT2D eigenvalue weighted by atomic mass is 35.5. The highest BCUT2D eigenvalue weighted by Crippen LogP contribution is 2.26. The predicted octanol–water partition coefficient (Wildman–Crippen LogP) is 1.24. The molecule has 1 aliphatic heterocycles. The Labute approximate surface area is 153 Å². The number of sulfone groups is 1. The second kappa shape index (κ2) is 7.22. The van der Waals surface area contributed by atoms with Crippen molar-refractivity contribution in [2.24, 2.45) is 0 Å². The summed E-state index contributed by atoms with van der Waals surface area (Å²) in [6.07, 6.45) is 0.370. The van der Waals surface area contributed by atoms with E-state index in [2.05, 4.69) is 0 Å². The second-order valence-corrected chi connectivity index (χ2v) is 10.9. The number of carbonyl (C=O) groups excluding carboxylic acids is 1. The van der Waals surface area contributed by atoms with Crippen molar-refractivity contribution in [2.45, 2.75) is 24.3 Å². The van der Waals surface area contributed by atoms with E-state index in [0.717, 1.165) is 4.31 Å². The van der Waals surface area contributed by atoms with E-state index in [-0.39, 0.29) is 27.0 Å². The molecule has 10 heteroatoms. The maximum absolute atomic E-state index is 12.9. The fraction of sp³-hybridized carbons (Fsp3) is 0.533. The number of rotatable bonds is 5. The Kier molecular flexibility index (Phi) is 5.82. The van der Waals surface area contributed by atoms with Crippen molar-refractivity contribution in [1.82, 2.24) is 9.21 Å². The topological polar surface area (TPSA) is 91.8 Å². The summed E-state index contributed by atoms with van der Waals surface area (Å²) in [7, 11) is -4.07. The van der Waals surface area contributed by atoms with Gasteiger partial charge in [-0.2, -0.15) is 0 Å². The molecule has 7 nitrogen and oxygen atoms in total. The lowest BCUT2D eigenvalue weighted by Gasteiger charge is -2.27. The van der Waals surface area contributed by atoms with Gasteiger partial charge in [0.1, 0.15) is 0 Å². The average molecular weight is 409 g/mol. The number of hydrogen-bond donors (Lipinski definition) is 0. The normalized spacial score (nSPS) is 20.0. The largest absolute Gasteiger partial charge is 0.335 e. The molecule has 2 rings (SSSR count). The molecule has 1 aromatic rings. The van der Waals surface area contributed by atoms with E-state index >= 15 is 0 Å². The van der Waals surface area contributed by atoms with Crippen LogP contribution in [0.2, 0.25) is 5.02 Å². The van der Waals surface area contributed by atoms with Crippen LogP contribution >= 0.6 is 11.6 Å². The standard InChI is InChI=1S/C15H21ClN2O5S2/c1-4-18(11-7-8-24(20,21)10-11)15(19)13-9-12(5-6-14(13)16)25(22,23)17(2)3/h5-6,9,11H,4,7-8,10H2,1-3H3/t11-/m1/s1. The van der Waals surface area contributed by atoms with Gasteiger partial charge >= 0.3 is 0 Å². The molecule has 0 unspecified atom stereocenters. The zero-order valence-corrected chi connectivity index (χ0v) is 16.7. The van der Waals surface area contributed by atoms with Crippen LogP contribution in [0.5, 0.6) is 0 Å². The molecule has 1 atom stereocenters. The smallest absolute Gasteiger partial charge is 0.255 e. The maximum atomic E-state index is 12.9. The summed E-state index contributed by atoms with van der Waals surface area (Å²) in [4.78, 5) is 14.3. The van der Waals surface area contributed by atoms with Crippen LogP contribution in [0.3, 0.4) is 0 Å². The van der Waals surface area contributed by atoms with E-state index in [1.165, 1.54) is 37.2 Å². The van der Waals surface area contributed by atoms with E-state index in [9.17, 15) is 21.6 Å². The highest BCUT2D eigenvalue weighted by molar-refractivity contribution is 7.91. The number of nitrogens with zero attached hydrogens (tertiary/aromatic N) is 2. The monoisotopic (exact) mass is 408 g/mol. The van der Waals surface area contributed by atoms with Crippen molar-refractivity contribution in [3.8, 4) is 0 Å². The molecule has 1 aromatic carbocycles. The quantitative estimate of drug-likeness (QED) is 0.730. The molecule has 0 aliphatic carbocycles. The number of carbonyl (C=O) groups is 1. The minimum atomic E-state index is -3.71. The van der Waals surface area contributed by atoms with Gasteiger partial charge in [-0.05, 0) is 31.5 Å². The lowest BCUT2D eigenvalue weighted by atomic mass is 10.1. The van der Waals surface area contributed by atoms with Crippen LogP contribution in [-0.4, -0.2) is 70.1 Å². The number of sulfonamides is 1. The summed E-state index contributed by atoms with van der Waals surface area (Å²) in [5.74, 6) is -0.505. The van der Waals surface area contributed by atoms with Gasteiger partial charge in [-0.1, -0.05) is 11.6 Å². The van der Waals surface area contributed by atoms with Gasteiger partial charge in [-0.25, -0.2) is 21.1 Å². The van der Waals surface area contributed by atoms with Crippen LogP contribution in [0.25, 0.3) is 0 Å². The minimum Gasteiger partial charge on any atom is -0.335 e. The Morgan fingerprint density at radius 1 is 1.32 bits per heavy atom. The van der Waals surface area contributed by atoms with Crippen LogP contribution in [-0.2, 0) is 19.9 Å². The van der Waals surface area contributed by atoms with Crippen molar-refractivity contribution >= 4 is 37.4 Å². The molecule has 1 amide bonds. The first-order chi connectivity index (χ1) is 11.5. The number of hydrogen-bond acceptors (Lipinski definition) is 5. The van der Waals surface area contributed by atoms with Crippen molar-refractivity contribution in [3.63, 3.8) is 0 Å². The van der Waals surface area contributed by atoms with Gasteiger partial charge in [0.15, 0.2) is 9.84 Å². The van der Waals surface area contributed by atoms with Gasteiger partial charge in [0.2, 0.25) is 10.0 Å². The van der Waals surface area contributed by atoms with Crippen molar-refractivity contribution < 1.29 is 21.6 Å². The fourth-order valence-electron chi connectivity index (χ4n) is 2.78. The van der Waals surface area contributed by atoms with Gasteiger partial charge in [-0.15, -0.1) is 0 Å². The van der Waals surface area contributed by atoms with Gasteiger partial charge in [-0.3, -0.25) is 4.79 Å². The van der Waals surface area contributed by atoms with E-state index in [1.807, 2.05) is 0 Å². The lowest BCUT2D eigenvalue weighted by molar-refractivity contribution is 0.0708. The van der Waals surface area contributed by atoms with Crippen LogP contribution in [0.15, 0.2) is 23.1 Å². The van der Waals surface area contributed by atoms with Gasteiger partial charge in [0.25, 0.3) is 5.91 Å². The SMILES string of the molecule is CCN(C(=O)c1cc(S(=O)(=O)N(C)C)ccc1Cl)[C@@H]1CCS(=O)(=O)C1. The van der Waals surface area contributed by atoms with Crippen LogP contribution in [0.1, 0.15) is 23.7 Å². The predicted molar refractivity (Wildman–Crippen MR) is 96.1 cm³/mol. The van der Waals surface area contributed by atoms with Crippen LogP contribution < -0.4 is 0 Å². The Morgan fingerprint density at radius 3 is 2.44 bits per heavy atom. The molecular formula is C15H21ClN2O5S2. The molecule has 0 aromatic heterocycles. The summed E-state index contributed by atoms with van der Waals surface area (Å²) < 4.78 is 49.0. The number of amides is 1. The third-order valence-electron chi connectivity index (χ3n) is 4.20. The van der Waals surface area contributed by atoms with Gasteiger partial charge in [0.05, 0.1) is 27.0 Å². The van der Waals surface area contributed by atoms with E-state index < -0.39 is 31.8 Å². The average Bonchev–Trinajstić information content (AvgIpc) is 2.87. The molecule has 0 N–H and O–H groups in total. The van der Waals surface area contributed by atoms with Gasteiger partial charge < -0.3 is 4.90 Å². The fourth-order valence-corrected chi connectivity index (χ4v) is 5.64. The molecule has 25 heavy (non-hydrogen) atoms. The Hall–Kier alpha value is -1.16. The summed E-state index contributed by atoms with van der Waals surface area (Å²) in [5.41, 5.74) is 0.0516. The molecule has 0 saturated carbocycles. The molecule has 1 heterocycles. The third-order valence-corrected chi connectivity index (χ3v) is 8.09. The molecule has 0 bridgehead atoms. The zero-order chi connectivity index (χ0) is 19.0.